The molecule has 0 aliphatic carbocycles. The van der Waals surface area contributed by atoms with E-state index < -0.39 is 0 Å². The SMILES string of the molecule is N#C/N=C(\N)NCOO. The number of aliphatic imine (C=N–C) groups is 1. The molecule has 0 atom stereocenters. The predicted octanol–water partition coefficient (Wildman–Crippen LogP) is -1.18. The van der Waals surface area contributed by atoms with E-state index in [1.165, 1.54) is 6.19 Å². The first-order valence-electron chi connectivity index (χ1n) is 2.03. The predicted molar refractivity (Wildman–Crippen MR) is 29.0 cm³/mol. The van der Waals surface area contributed by atoms with Gasteiger partial charge in [0.05, 0.1) is 0 Å². The van der Waals surface area contributed by atoms with Crippen LogP contribution in [0, 0.1) is 11.5 Å². The van der Waals surface area contributed by atoms with Gasteiger partial charge in [0.1, 0.15) is 0 Å². The molecule has 0 aromatic carbocycles. The highest BCUT2D eigenvalue weighted by Crippen LogP contribution is 1.61. The van der Waals surface area contributed by atoms with Gasteiger partial charge in [0, 0.05) is 0 Å². The fourth-order valence-corrected chi connectivity index (χ4v) is 0.200. The zero-order chi connectivity index (χ0) is 7.11. The van der Waals surface area contributed by atoms with Crippen LogP contribution in [-0.4, -0.2) is 17.9 Å². The highest BCUT2D eigenvalue weighted by Gasteiger charge is 1.85. The minimum atomic E-state index is -0.184. The highest BCUT2D eigenvalue weighted by molar-refractivity contribution is 5.78. The van der Waals surface area contributed by atoms with Crippen LogP contribution in [0.4, 0.5) is 0 Å². The quantitative estimate of drug-likeness (QED) is 0.109. The molecule has 0 heterocycles. The van der Waals surface area contributed by atoms with Crippen LogP contribution in [0.25, 0.3) is 0 Å². The third-order valence-corrected chi connectivity index (χ3v) is 0.488. The Morgan fingerprint density at radius 3 is 3.11 bits per heavy atom. The van der Waals surface area contributed by atoms with E-state index in [0.29, 0.717) is 0 Å². The van der Waals surface area contributed by atoms with E-state index in [-0.39, 0.29) is 12.7 Å². The van der Waals surface area contributed by atoms with Gasteiger partial charge in [-0.3, -0.25) is 0 Å². The lowest BCUT2D eigenvalue weighted by atomic mass is 10.9. The van der Waals surface area contributed by atoms with Crippen LogP contribution in [0.5, 0.6) is 0 Å². The molecule has 0 aliphatic heterocycles. The average molecular weight is 130 g/mol. The number of guanidine groups is 1. The normalized spacial score (nSPS) is 10.4. The molecule has 0 spiro atoms. The van der Waals surface area contributed by atoms with Crippen molar-refractivity contribution in [3.8, 4) is 6.19 Å². The summed E-state index contributed by atoms with van der Waals surface area (Å²) in [7, 11) is 0. The fraction of sp³-hybridized carbons (Fsp3) is 0.333. The van der Waals surface area contributed by atoms with E-state index in [0.717, 1.165) is 0 Å². The molecule has 6 heteroatoms. The Morgan fingerprint density at radius 2 is 2.67 bits per heavy atom. The number of nitriles is 1. The van der Waals surface area contributed by atoms with Crippen LogP contribution in [0.1, 0.15) is 0 Å². The summed E-state index contributed by atoms with van der Waals surface area (Å²) in [6, 6.07) is 0. The average Bonchev–Trinajstić information content (AvgIpc) is 1.85. The van der Waals surface area contributed by atoms with E-state index >= 15 is 0 Å². The van der Waals surface area contributed by atoms with Crippen LogP contribution >= 0.6 is 0 Å². The largest absolute Gasteiger partial charge is 0.369 e. The molecule has 0 fully saturated rings. The van der Waals surface area contributed by atoms with Crippen molar-refractivity contribution in [3.63, 3.8) is 0 Å². The van der Waals surface area contributed by atoms with Gasteiger partial charge >= 0.3 is 0 Å². The van der Waals surface area contributed by atoms with Gasteiger partial charge in [0.25, 0.3) is 0 Å². The first-order chi connectivity index (χ1) is 4.31. The zero-order valence-corrected chi connectivity index (χ0v) is 4.53. The molecule has 0 aliphatic rings. The minimum absolute atomic E-state index is 0.0912. The van der Waals surface area contributed by atoms with Crippen molar-refractivity contribution in [1.82, 2.24) is 5.32 Å². The second-order valence-corrected chi connectivity index (χ2v) is 1.05. The third-order valence-electron chi connectivity index (χ3n) is 0.488. The summed E-state index contributed by atoms with van der Waals surface area (Å²) < 4.78 is 0. The molecule has 0 radical (unpaired) electrons. The smallest absolute Gasteiger partial charge is 0.209 e. The summed E-state index contributed by atoms with van der Waals surface area (Å²) in [5.74, 6) is -0.0912. The van der Waals surface area contributed by atoms with E-state index in [9.17, 15) is 0 Å². The molecular formula is C3H6N4O2. The van der Waals surface area contributed by atoms with Crippen molar-refractivity contribution in [2.45, 2.75) is 0 Å². The Balaban J connectivity index is 3.40. The molecule has 0 unspecified atom stereocenters. The number of nitrogens with one attached hydrogen (secondary N) is 1. The van der Waals surface area contributed by atoms with Crippen molar-refractivity contribution in [2.75, 3.05) is 6.73 Å². The van der Waals surface area contributed by atoms with E-state index in [1.54, 1.807) is 0 Å². The lowest BCUT2D eigenvalue weighted by molar-refractivity contribution is -0.244. The Bertz CT molecular complexity index is 137. The molecule has 6 nitrogen and oxygen atoms in total. The van der Waals surface area contributed by atoms with Crippen molar-refractivity contribution >= 4 is 5.96 Å². The lowest BCUT2D eigenvalue weighted by Gasteiger charge is -1.97. The maximum Gasteiger partial charge on any atom is 0.209 e. The van der Waals surface area contributed by atoms with Crippen molar-refractivity contribution in [3.05, 3.63) is 0 Å². The van der Waals surface area contributed by atoms with Crippen molar-refractivity contribution < 1.29 is 10.1 Å². The van der Waals surface area contributed by atoms with Crippen molar-refractivity contribution in [2.24, 2.45) is 10.7 Å². The molecule has 9 heavy (non-hydrogen) atoms. The van der Waals surface area contributed by atoms with Gasteiger partial charge < -0.3 is 11.1 Å². The van der Waals surface area contributed by atoms with Gasteiger partial charge in [0.2, 0.25) is 12.2 Å². The van der Waals surface area contributed by atoms with Gasteiger partial charge in [-0.15, -0.1) is 4.99 Å². The second kappa shape index (κ2) is 4.83. The summed E-state index contributed by atoms with van der Waals surface area (Å²) in [4.78, 5) is 6.64. The summed E-state index contributed by atoms with van der Waals surface area (Å²) in [5.41, 5.74) is 5.00. The summed E-state index contributed by atoms with van der Waals surface area (Å²) in [6.07, 6.45) is 1.44. The first kappa shape index (κ1) is 7.68. The minimum Gasteiger partial charge on any atom is -0.369 e. The Kier molecular flexibility index (Phi) is 4.12. The summed E-state index contributed by atoms with van der Waals surface area (Å²) in [5, 5.41) is 17.9. The van der Waals surface area contributed by atoms with E-state index in [1.807, 2.05) is 0 Å². The first-order valence-corrected chi connectivity index (χ1v) is 2.03. The molecule has 0 aromatic rings. The zero-order valence-electron chi connectivity index (χ0n) is 4.53. The molecule has 0 amide bonds. The summed E-state index contributed by atoms with van der Waals surface area (Å²) in [6.45, 7) is -0.184. The van der Waals surface area contributed by atoms with Crippen molar-refractivity contribution in [1.29, 1.82) is 5.26 Å². The lowest BCUT2D eigenvalue weighted by Crippen LogP contribution is -2.32. The van der Waals surface area contributed by atoms with Gasteiger partial charge in [0.15, 0.2) is 6.73 Å². The molecule has 0 saturated heterocycles. The maximum atomic E-state index is 7.88. The topological polar surface area (TPSA) is 104 Å². The van der Waals surface area contributed by atoms with Crippen LogP contribution < -0.4 is 11.1 Å². The monoisotopic (exact) mass is 130 g/mol. The number of rotatable bonds is 2. The molecule has 0 saturated carbocycles. The maximum absolute atomic E-state index is 7.88. The van der Waals surface area contributed by atoms with E-state index in [2.05, 4.69) is 15.2 Å². The second-order valence-electron chi connectivity index (χ2n) is 1.05. The number of nitrogens with zero attached hydrogens (tertiary/aromatic N) is 2. The molecule has 0 aromatic heterocycles. The highest BCUT2D eigenvalue weighted by atomic mass is 17.1. The van der Waals surface area contributed by atoms with Crippen LogP contribution in [-0.2, 0) is 4.89 Å². The number of hydrogen-bond acceptors (Lipinski definition) is 4. The van der Waals surface area contributed by atoms with Crippen LogP contribution in [0.2, 0.25) is 0 Å². The molecule has 50 valence electrons. The Hall–Kier alpha value is -1.32. The molecule has 0 rings (SSSR count). The summed E-state index contributed by atoms with van der Waals surface area (Å²) >= 11 is 0. The van der Waals surface area contributed by atoms with Crippen LogP contribution in [0.15, 0.2) is 4.99 Å². The van der Waals surface area contributed by atoms with Gasteiger partial charge in [-0.1, -0.05) is 0 Å². The fourth-order valence-electron chi connectivity index (χ4n) is 0.200. The molecule has 0 bridgehead atoms. The molecular weight excluding hydrogens is 124 g/mol. The van der Waals surface area contributed by atoms with Gasteiger partial charge in [-0.05, 0) is 0 Å². The molecule has 4 N–H and O–H groups in total. The Labute approximate surface area is 51.5 Å². The third kappa shape index (κ3) is 4.53. The Morgan fingerprint density at radius 1 is 2.00 bits per heavy atom. The standard InChI is InChI=1S/C3H6N4O2/c4-1-6-3(5)7-2-9-8/h8H,2H2,(H3,5,6,7). The van der Waals surface area contributed by atoms with E-state index in [4.69, 9.17) is 16.3 Å². The van der Waals surface area contributed by atoms with Gasteiger partial charge in [-0.25, -0.2) is 10.1 Å². The van der Waals surface area contributed by atoms with Gasteiger partial charge in [-0.2, -0.15) is 5.26 Å². The van der Waals surface area contributed by atoms with Crippen LogP contribution in [0.3, 0.4) is 0 Å². The number of hydrogen-bond donors (Lipinski definition) is 3. The number of nitrogens with two attached hydrogens (primary N) is 1.